The van der Waals surface area contributed by atoms with Crippen LogP contribution in [0.25, 0.3) is 11.4 Å². The van der Waals surface area contributed by atoms with Gasteiger partial charge in [0.2, 0.25) is 0 Å². The van der Waals surface area contributed by atoms with Crippen molar-refractivity contribution in [3.63, 3.8) is 0 Å². The van der Waals surface area contributed by atoms with Gasteiger partial charge in [-0.05, 0) is 50.7 Å². The zero-order valence-electron chi connectivity index (χ0n) is 14.0. The molecule has 2 heteroatoms. The first-order valence-corrected chi connectivity index (χ1v) is 8.38. The molecule has 0 amide bonds. The first-order chi connectivity index (χ1) is 11.2. The number of rotatable bonds is 6. The summed E-state index contributed by atoms with van der Waals surface area (Å²) in [4.78, 5) is 7.93. The van der Waals surface area contributed by atoms with Gasteiger partial charge in [-0.15, -0.1) is 0 Å². The van der Waals surface area contributed by atoms with Crippen molar-refractivity contribution in [3.05, 3.63) is 77.1 Å². The van der Waals surface area contributed by atoms with Crippen molar-refractivity contribution < 1.29 is 0 Å². The van der Waals surface area contributed by atoms with E-state index in [4.69, 9.17) is 0 Å². The fraction of sp³-hybridized carbons (Fsp3) is 0.286. The standard InChI is InChI=1S/C21H24N2/c1-16-12-13-18(17(2)14-16)8-6-7-11-20-15-22-21(23-20)19-9-4-3-5-10-19/h3-5,9-10,12-15H,6-8,11H2,1-2H3,(H,22,23). The van der Waals surface area contributed by atoms with E-state index in [1.165, 1.54) is 35.2 Å². The van der Waals surface area contributed by atoms with Gasteiger partial charge in [0, 0.05) is 17.5 Å². The summed E-state index contributed by atoms with van der Waals surface area (Å²) < 4.78 is 0. The zero-order chi connectivity index (χ0) is 16.1. The maximum Gasteiger partial charge on any atom is 0.137 e. The Morgan fingerprint density at radius 3 is 2.48 bits per heavy atom. The van der Waals surface area contributed by atoms with E-state index in [0.717, 1.165) is 24.2 Å². The van der Waals surface area contributed by atoms with Crippen LogP contribution in [0, 0.1) is 13.8 Å². The molecule has 23 heavy (non-hydrogen) atoms. The predicted octanol–water partition coefficient (Wildman–Crippen LogP) is 5.26. The number of aromatic amines is 1. The first kappa shape index (κ1) is 15.5. The van der Waals surface area contributed by atoms with Crippen LogP contribution in [0.3, 0.4) is 0 Å². The van der Waals surface area contributed by atoms with Crippen LogP contribution in [0.4, 0.5) is 0 Å². The number of nitrogens with one attached hydrogen (secondary N) is 1. The Bertz CT molecular complexity index is 757. The molecule has 0 unspecified atom stereocenters. The van der Waals surface area contributed by atoms with Crippen molar-refractivity contribution in [2.45, 2.75) is 39.5 Å². The van der Waals surface area contributed by atoms with Gasteiger partial charge in [-0.3, -0.25) is 0 Å². The maximum atomic E-state index is 4.49. The van der Waals surface area contributed by atoms with Crippen LogP contribution >= 0.6 is 0 Å². The smallest absolute Gasteiger partial charge is 0.137 e. The van der Waals surface area contributed by atoms with E-state index in [2.05, 4.69) is 54.1 Å². The molecule has 0 fully saturated rings. The molecular formula is C21H24N2. The molecule has 2 nitrogen and oxygen atoms in total. The molecular weight excluding hydrogens is 280 g/mol. The van der Waals surface area contributed by atoms with Crippen LogP contribution < -0.4 is 0 Å². The van der Waals surface area contributed by atoms with Crippen LogP contribution in [0.5, 0.6) is 0 Å². The molecule has 1 heterocycles. The molecule has 3 aromatic rings. The quantitative estimate of drug-likeness (QED) is 0.618. The second-order valence-corrected chi connectivity index (χ2v) is 6.26. The normalized spacial score (nSPS) is 10.9. The summed E-state index contributed by atoms with van der Waals surface area (Å²) in [5.74, 6) is 0.968. The summed E-state index contributed by atoms with van der Waals surface area (Å²) in [6.45, 7) is 4.36. The minimum absolute atomic E-state index is 0.968. The largest absolute Gasteiger partial charge is 0.342 e. The third-order valence-corrected chi connectivity index (χ3v) is 4.32. The molecule has 0 aliphatic rings. The lowest BCUT2D eigenvalue weighted by Crippen LogP contribution is -1.93. The van der Waals surface area contributed by atoms with Crippen molar-refractivity contribution in [2.75, 3.05) is 0 Å². The molecule has 118 valence electrons. The van der Waals surface area contributed by atoms with E-state index in [1.807, 2.05) is 24.4 Å². The monoisotopic (exact) mass is 304 g/mol. The number of hydrogen-bond donors (Lipinski definition) is 1. The van der Waals surface area contributed by atoms with Gasteiger partial charge in [0.05, 0.1) is 0 Å². The fourth-order valence-electron chi connectivity index (χ4n) is 2.99. The van der Waals surface area contributed by atoms with Crippen molar-refractivity contribution in [1.82, 2.24) is 9.97 Å². The minimum atomic E-state index is 0.968. The molecule has 0 saturated carbocycles. The molecule has 0 saturated heterocycles. The average molecular weight is 304 g/mol. The van der Waals surface area contributed by atoms with Crippen molar-refractivity contribution in [1.29, 1.82) is 0 Å². The minimum Gasteiger partial charge on any atom is -0.342 e. The molecule has 1 N–H and O–H groups in total. The Kier molecular flexibility index (Phi) is 4.92. The summed E-state index contributed by atoms with van der Waals surface area (Å²) >= 11 is 0. The Morgan fingerprint density at radius 2 is 1.70 bits per heavy atom. The van der Waals surface area contributed by atoms with Crippen LogP contribution in [0.15, 0.2) is 54.7 Å². The van der Waals surface area contributed by atoms with Crippen LogP contribution in [0.1, 0.15) is 35.2 Å². The van der Waals surface area contributed by atoms with E-state index in [9.17, 15) is 0 Å². The van der Waals surface area contributed by atoms with E-state index >= 15 is 0 Å². The van der Waals surface area contributed by atoms with Gasteiger partial charge < -0.3 is 4.98 Å². The fourth-order valence-corrected chi connectivity index (χ4v) is 2.99. The predicted molar refractivity (Wildman–Crippen MR) is 96.6 cm³/mol. The summed E-state index contributed by atoms with van der Waals surface area (Å²) in [5.41, 5.74) is 6.61. The second-order valence-electron chi connectivity index (χ2n) is 6.26. The summed E-state index contributed by atoms with van der Waals surface area (Å²) in [6, 6.07) is 17.0. The highest BCUT2D eigenvalue weighted by atomic mass is 14.9. The number of hydrogen-bond acceptors (Lipinski definition) is 1. The first-order valence-electron chi connectivity index (χ1n) is 8.38. The lowest BCUT2D eigenvalue weighted by molar-refractivity contribution is 0.723. The van der Waals surface area contributed by atoms with Gasteiger partial charge in [-0.25, -0.2) is 4.98 Å². The molecule has 0 aliphatic carbocycles. The summed E-state index contributed by atoms with van der Waals surface area (Å²) in [7, 11) is 0. The molecule has 0 bridgehead atoms. The Labute approximate surface area is 138 Å². The van der Waals surface area contributed by atoms with E-state index in [0.29, 0.717) is 0 Å². The highest BCUT2D eigenvalue weighted by Gasteiger charge is 2.04. The van der Waals surface area contributed by atoms with Crippen LogP contribution in [-0.4, -0.2) is 9.97 Å². The molecule has 0 radical (unpaired) electrons. The molecule has 0 atom stereocenters. The SMILES string of the molecule is Cc1ccc(CCCCc2cnc(-c3ccccc3)[nH]2)c(C)c1. The number of aryl methyl sites for hydroxylation is 4. The Hall–Kier alpha value is -2.35. The topological polar surface area (TPSA) is 28.7 Å². The molecule has 0 aliphatic heterocycles. The molecule has 2 aromatic carbocycles. The van der Waals surface area contributed by atoms with Gasteiger partial charge in [0.1, 0.15) is 5.82 Å². The Balaban J connectivity index is 1.50. The van der Waals surface area contributed by atoms with Crippen LogP contribution in [0.2, 0.25) is 0 Å². The number of H-pyrrole nitrogens is 1. The second kappa shape index (κ2) is 7.28. The van der Waals surface area contributed by atoms with Gasteiger partial charge in [-0.2, -0.15) is 0 Å². The number of aromatic nitrogens is 2. The van der Waals surface area contributed by atoms with E-state index < -0.39 is 0 Å². The van der Waals surface area contributed by atoms with Gasteiger partial charge in [0.25, 0.3) is 0 Å². The lowest BCUT2D eigenvalue weighted by Gasteiger charge is -2.06. The lowest BCUT2D eigenvalue weighted by atomic mass is 10.00. The average Bonchev–Trinajstić information content (AvgIpc) is 3.03. The number of nitrogens with zero attached hydrogens (tertiary/aromatic N) is 1. The zero-order valence-corrected chi connectivity index (χ0v) is 14.0. The number of unbranched alkanes of at least 4 members (excludes halogenated alkanes) is 1. The van der Waals surface area contributed by atoms with Crippen LogP contribution in [-0.2, 0) is 12.8 Å². The summed E-state index contributed by atoms with van der Waals surface area (Å²) in [6.07, 6.45) is 6.59. The highest BCUT2D eigenvalue weighted by Crippen LogP contribution is 2.17. The molecule has 3 rings (SSSR count). The third kappa shape index (κ3) is 4.10. The van der Waals surface area contributed by atoms with E-state index in [1.54, 1.807) is 0 Å². The number of imidazole rings is 1. The van der Waals surface area contributed by atoms with E-state index in [-0.39, 0.29) is 0 Å². The van der Waals surface area contributed by atoms with Gasteiger partial charge in [0.15, 0.2) is 0 Å². The van der Waals surface area contributed by atoms with Gasteiger partial charge in [-0.1, -0.05) is 54.1 Å². The van der Waals surface area contributed by atoms with Crippen molar-refractivity contribution >= 4 is 0 Å². The number of benzene rings is 2. The third-order valence-electron chi connectivity index (χ3n) is 4.32. The maximum absolute atomic E-state index is 4.49. The molecule has 0 spiro atoms. The van der Waals surface area contributed by atoms with Gasteiger partial charge >= 0.3 is 0 Å². The Morgan fingerprint density at radius 1 is 0.913 bits per heavy atom. The summed E-state index contributed by atoms with van der Waals surface area (Å²) in [5, 5.41) is 0. The van der Waals surface area contributed by atoms with Crippen molar-refractivity contribution in [3.8, 4) is 11.4 Å². The van der Waals surface area contributed by atoms with Crippen molar-refractivity contribution in [2.24, 2.45) is 0 Å². The molecule has 1 aromatic heterocycles. The highest BCUT2D eigenvalue weighted by molar-refractivity contribution is 5.54.